The highest BCUT2D eigenvalue weighted by Crippen LogP contribution is 2.33. The lowest BCUT2D eigenvalue weighted by atomic mass is 9.99. The second-order valence-corrected chi connectivity index (χ2v) is 7.11. The molecule has 7 heteroatoms. The molecule has 2 atom stereocenters. The lowest BCUT2D eigenvalue weighted by Crippen LogP contribution is -2.35. The van der Waals surface area contributed by atoms with Crippen molar-refractivity contribution in [2.45, 2.75) is 52.5 Å². The van der Waals surface area contributed by atoms with Gasteiger partial charge < -0.3 is 14.4 Å². The van der Waals surface area contributed by atoms with E-state index >= 15 is 0 Å². The van der Waals surface area contributed by atoms with Crippen LogP contribution in [0.3, 0.4) is 0 Å². The van der Waals surface area contributed by atoms with Crippen LogP contribution in [0.15, 0.2) is 18.2 Å². The molecule has 0 bridgehead atoms. The van der Waals surface area contributed by atoms with Crippen molar-refractivity contribution in [3.05, 3.63) is 46.5 Å². The van der Waals surface area contributed by atoms with Crippen molar-refractivity contribution in [3.8, 4) is 5.75 Å². The van der Waals surface area contributed by atoms with Crippen LogP contribution < -0.4 is 4.74 Å². The predicted octanol–water partition coefficient (Wildman–Crippen LogP) is 3.10. The predicted molar refractivity (Wildman–Crippen MR) is 97.2 cm³/mol. The van der Waals surface area contributed by atoms with Crippen molar-refractivity contribution in [2.75, 3.05) is 13.2 Å². The van der Waals surface area contributed by atoms with Gasteiger partial charge in [-0.2, -0.15) is 5.10 Å². The normalized spacial score (nSPS) is 21.9. The Balaban J connectivity index is 1.72. The lowest BCUT2D eigenvalue weighted by molar-refractivity contribution is -0.00716. The number of amides is 1. The van der Waals surface area contributed by atoms with Gasteiger partial charge in [0.2, 0.25) is 0 Å². The van der Waals surface area contributed by atoms with Crippen molar-refractivity contribution in [2.24, 2.45) is 0 Å². The number of ether oxygens (including phenoxy) is 2. The molecule has 6 nitrogen and oxygen atoms in total. The van der Waals surface area contributed by atoms with Gasteiger partial charge in [0.1, 0.15) is 23.9 Å². The van der Waals surface area contributed by atoms with Gasteiger partial charge in [-0.25, -0.2) is 4.39 Å². The van der Waals surface area contributed by atoms with E-state index in [-0.39, 0.29) is 30.5 Å². The molecule has 0 spiro atoms. The van der Waals surface area contributed by atoms with Crippen molar-refractivity contribution >= 4 is 5.91 Å². The Hall–Kier alpha value is -2.41. The lowest BCUT2D eigenvalue weighted by Gasteiger charge is -2.26. The first kappa shape index (κ1) is 18.0. The fourth-order valence-electron chi connectivity index (χ4n) is 3.95. The molecule has 0 unspecified atom stereocenters. The molecule has 0 saturated carbocycles. The van der Waals surface area contributed by atoms with Crippen LogP contribution in [-0.2, 0) is 24.2 Å². The van der Waals surface area contributed by atoms with Gasteiger partial charge in [0, 0.05) is 24.1 Å². The van der Waals surface area contributed by atoms with Gasteiger partial charge in [-0.3, -0.25) is 9.48 Å². The number of aryl methyl sites for hydroxylation is 1. The van der Waals surface area contributed by atoms with E-state index in [1.807, 2.05) is 20.8 Å². The molecule has 1 aromatic heterocycles. The number of carbonyl (C=O) groups excluding carboxylic acids is 1. The minimum Gasteiger partial charge on any atom is -0.491 e. The number of hydrogen-bond acceptors (Lipinski definition) is 4. The Morgan fingerprint density at radius 3 is 2.93 bits per heavy atom. The molecule has 0 radical (unpaired) electrons. The van der Waals surface area contributed by atoms with Gasteiger partial charge in [0.25, 0.3) is 5.91 Å². The molecule has 0 aliphatic carbocycles. The van der Waals surface area contributed by atoms with Crippen LogP contribution in [0.2, 0.25) is 0 Å². The molecule has 0 saturated heterocycles. The highest BCUT2D eigenvalue weighted by Gasteiger charge is 2.34. The van der Waals surface area contributed by atoms with E-state index in [1.54, 1.807) is 21.7 Å². The third-order valence-electron chi connectivity index (χ3n) is 5.23. The zero-order valence-corrected chi connectivity index (χ0v) is 15.9. The maximum absolute atomic E-state index is 14.3. The highest BCUT2D eigenvalue weighted by molar-refractivity contribution is 5.94. The number of benzene rings is 1. The van der Waals surface area contributed by atoms with Crippen LogP contribution in [-0.4, -0.2) is 39.8 Å². The Bertz CT molecular complexity index is 880. The van der Waals surface area contributed by atoms with E-state index < -0.39 is 0 Å². The summed E-state index contributed by atoms with van der Waals surface area (Å²) in [7, 11) is 0. The molecule has 144 valence electrons. The maximum atomic E-state index is 14.3. The Morgan fingerprint density at radius 1 is 1.33 bits per heavy atom. The third-order valence-corrected chi connectivity index (χ3v) is 5.23. The Morgan fingerprint density at radius 2 is 2.15 bits per heavy atom. The van der Waals surface area contributed by atoms with E-state index in [4.69, 9.17) is 9.47 Å². The average molecular weight is 373 g/mol. The molecular weight excluding hydrogens is 349 g/mol. The number of nitrogens with zero attached hydrogens (tertiary/aromatic N) is 3. The van der Waals surface area contributed by atoms with Crippen LogP contribution >= 0.6 is 0 Å². The van der Waals surface area contributed by atoms with Gasteiger partial charge in [-0.15, -0.1) is 0 Å². The minimum atomic E-state index is -0.353. The second-order valence-electron chi connectivity index (χ2n) is 7.11. The molecule has 2 aromatic rings. The largest absolute Gasteiger partial charge is 0.491 e. The standard InChI is InChI=1S/C20H24FN3O3/c1-4-24-19(14-10-12(2)27-13(3)18(14)22-24)20(25)23-8-9-26-17-7-5-6-16(21)15(17)11-23/h5-7,12-13H,4,8-11H2,1-3H3/t12-,13+/m0/s1. The Kier molecular flexibility index (Phi) is 4.63. The molecular formula is C20H24FN3O3. The number of aromatic nitrogens is 2. The maximum Gasteiger partial charge on any atom is 0.272 e. The molecule has 2 aliphatic heterocycles. The summed E-state index contributed by atoms with van der Waals surface area (Å²) in [6, 6.07) is 4.76. The van der Waals surface area contributed by atoms with E-state index in [1.165, 1.54) is 6.07 Å². The summed E-state index contributed by atoms with van der Waals surface area (Å²) in [5.41, 5.74) is 2.79. The summed E-state index contributed by atoms with van der Waals surface area (Å²) in [4.78, 5) is 15.1. The molecule has 27 heavy (non-hydrogen) atoms. The summed E-state index contributed by atoms with van der Waals surface area (Å²) in [5, 5.41) is 4.62. The molecule has 1 aromatic carbocycles. The number of fused-ring (bicyclic) bond motifs is 2. The van der Waals surface area contributed by atoms with Gasteiger partial charge in [-0.05, 0) is 32.9 Å². The molecule has 0 fully saturated rings. The first-order valence-electron chi connectivity index (χ1n) is 9.44. The minimum absolute atomic E-state index is 0.0270. The summed E-state index contributed by atoms with van der Waals surface area (Å²) in [5.74, 6) is 0.0208. The van der Waals surface area contributed by atoms with Crippen LogP contribution in [0.4, 0.5) is 4.39 Å². The number of halogens is 1. The average Bonchev–Trinajstić information content (AvgIpc) is 2.86. The van der Waals surface area contributed by atoms with Crippen molar-refractivity contribution in [1.29, 1.82) is 0 Å². The molecule has 4 rings (SSSR count). The summed E-state index contributed by atoms with van der Waals surface area (Å²) >= 11 is 0. The first-order valence-corrected chi connectivity index (χ1v) is 9.44. The summed E-state index contributed by atoms with van der Waals surface area (Å²) < 4.78 is 27.6. The van der Waals surface area contributed by atoms with Crippen LogP contribution in [0.25, 0.3) is 0 Å². The van der Waals surface area contributed by atoms with Crippen LogP contribution in [0.5, 0.6) is 5.75 Å². The SMILES string of the molecule is CCn1nc2c(c1C(=O)N1CCOc3cccc(F)c3C1)C[C@H](C)O[C@@H]2C. The molecule has 2 aliphatic rings. The fraction of sp³-hybridized carbons (Fsp3) is 0.500. The monoisotopic (exact) mass is 373 g/mol. The third kappa shape index (κ3) is 3.10. The van der Waals surface area contributed by atoms with E-state index in [0.717, 1.165) is 11.3 Å². The molecule has 3 heterocycles. The fourth-order valence-corrected chi connectivity index (χ4v) is 3.95. The van der Waals surface area contributed by atoms with Crippen molar-refractivity contribution in [3.63, 3.8) is 0 Å². The quantitative estimate of drug-likeness (QED) is 0.812. The smallest absolute Gasteiger partial charge is 0.272 e. The van der Waals surface area contributed by atoms with E-state index in [2.05, 4.69) is 5.10 Å². The second kappa shape index (κ2) is 6.96. The van der Waals surface area contributed by atoms with E-state index in [0.29, 0.717) is 43.1 Å². The highest BCUT2D eigenvalue weighted by atomic mass is 19.1. The summed E-state index contributed by atoms with van der Waals surface area (Å²) in [6.45, 7) is 7.43. The number of carbonyl (C=O) groups is 1. The zero-order chi connectivity index (χ0) is 19.1. The van der Waals surface area contributed by atoms with Crippen molar-refractivity contribution < 1.29 is 18.7 Å². The number of hydrogen-bond donors (Lipinski definition) is 0. The van der Waals surface area contributed by atoms with Gasteiger partial charge in [0.15, 0.2) is 0 Å². The Labute approximate surface area is 157 Å². The van der Waals surface area contributed by atoms with E-state index in [9.17, 15) is 9.18 Å². The van der Waals surface area contributed by atoms with Gasteiger partial charge >= 0.3 is 0 Å². The van der Waals surface area contributed by atoms with Gasteiger partial charge in [0.05, 0.1) is 31.0 Å². The topological polar surface area (TPSA) is 56.6 Å². The summed E-state index contributed by atoms with van der Waals surface area (Å²) in [6.07, 6.45) is 0.531. The van der Waals surface area contributed by atoms with Crippen LogP contribution in [0, 0.1) is 5.82 Å². The molecule has 1 amide bonds. The molecule has 0 N–H and O–H groups in total. The van der Waals surface area contributed by atoms with Crippen LogP contribution in [0.1, 0.15) is 54.2 Å². The number of rotatable bonds is 2. The van der Waals surface area contributed by atoms with Gasteiger partial charge in [-0.1, -0.05) is 6.07 Å². The zero-order valence-electron chi connectivity index (χ0n) is 15.9. The first-order chi connectivity index (χ1) is 13.0. The van der Waals surface area contributed by atoms with Crippen molar-refractivity contribution in [1.82, 2.24) is 14.7 Å².